The van der Waals surface area contributed by atoms with Crippen molar-refractivity contribution in [2.24, 2.45) is 17.6 Å². The zero-order valence-electron chi connectivity index (χ0n) is 12.9. The average molecular weight is 269 g/mol. The van der Waals surface area contributed by atoms with E-state index in [9.17, 15) is 4.79 Å². The van der Waals surface area contributed by atoms with E-state index >= 15 is 0 Å². The minimum absolute atomic E-state index is 0.309. The largest absolute Gasteiger partial charge is 0.340 e. The molecule has 1 amide bonds. The van der Waals surface area contributed by atoms with Gasteiger partial charge in [0.2, 0.25) is 5.91 Å². The molecule has 0 radical (unpaired) electrons. The van der Waals surface area contributed by atoms with Crippen molar-refractivity contribution in [1.29, 1.82) is 0 Å². The lowest BCUT2D eigenvalue weighted by molar-refractivity contribution is -0.133. The Labute approximate surface area is 118 Å². The van der Waals surface area contributed by atoms with Crippen LogP contribution in [0.3, 0.4) is 0 Å². The van der Waals surface area contributed by atoms with Crippen LogP contribution in [0.2, 0.25) is 0 Å². The molecule has 0 aromatic heterocycles. The maximum atomic E-state index is 12.1. The van der Waals surface area contributed by atoms with Crippen LogP contribution in [0.4, 0.5) is 0 Å². The fraction of sp³-hybridized carbons (Fsp3) is 0.933. The van der Waals surface area contributed by atoms with Gasteiger partial charge >= 0.3 is 0 Å². The smallest absolute Gasteiger partial charge is 0.222 e. The lowest BCUT2D eigenvalue weighted by atomic mass is 10.1. The molecule has 1 heterocycles. The SMILES string of the molecule is CC(C)CCN1CCN(C(=O)CCC(C)CN)CC1. The van der Waals surface area contributed by atoms with Crippen LogP contribution in [-0.2, 0) is 4.79 Å². The number of nitrogens with zero attached hydrogens (tertiary/aromatic N) is 2. The summed E-state index contributed by atoms with van der Waals surface area (Å²) < 4.78 is 0. The Morgan fingerprint density at radius 3 is 2.26 bits per heavy atom. The van der Waals surface area contributed by atoms with Crippen LogP contribution in [-0.4, -0.2) is 55.0 Å². The summed E-state index contributed by atoms with van der Waals surface area (Å²) in [6.07, 6.45) is 2.83. The number of nitrogens with two attached hydrogens (primary N) is 1. The maximum absolute atomic E-state index is 12.1. The molecule has 0 aromatic carbocycles. The minimum Gasteiger partial charge on any atom is -0.340 e. The normalized spacial score (nSPS) is 18.9. The Morgan fingerprint density at radius 1 is 1.11 bits per heavy atom. The highest BCUT2D eigenvalue weighted by molar-refractivity contribution is 5.76. The minimum atomic E-state index is 0.309. The quantitative estimate of drug-likeness (QED) is 0.763. The second-order valence-electron chi connectivity index (χ2n) is 6.28. The van der Waals surface area contributed by atoms with Gasteiger partial charge in [0.1, 0.15) is 0 Å². The van der Waals surface area contributed by atoms with Gasteiger partial charge in [0.25, 0.3) is 0 Å². The molecule has 0 spiro atoms. The van der Waals surface area contributed by atoms with Crippen LogP contribution in [0.15, 0.2) is 0 Å². The van der Waals surface area contributed by atoms with E-state index in [2.05, 4.69) is 25.7 Å². The highest BCUT2D eigenvalue weighted by Gasteiger charge is 2.20. The third-order valence-corrected chi connectivity index (χ3v) is 4.00. The number of piperazine rings is 1. The van der Waals surface area contributed by atoms with E-state index in [0.717, 1.165) is 38.5 Å². The van der Waals surface area contributed by atoms with Crippen LogP contribution in [0.25, 0.3) is 0 Å². The molecule has 1 unspecified atom stereocenters. The van der Waals surface area contributed by atoms with Gasteiger partial charge in [-0.2, -0.15) is 0 Å². The third kappa shape index (κ3) is 6.39. The van der Waals surface area contributed by atoms with Crippen molar-refractivity contribution in [3.05, 3.63) is 0 Å². The number of hydrogen-bond donors (Lipinski definition) is 1. The maximum Gasteiger partial charge on any atom is 0.222 e. The first-order valence-electron chi connectivity index (χ1n) is 7.73. The summed E-state index contributed by atoms with van der Waals surface area (Å²) in [5, 5.41) is 0. The highest BCUT2D eigenvalue weighted by atomic mass is 16.2. The standard InChI is InChI=1S/C15H31N3O/c1-13(2)6-7-17-8-10-18(11-9-17)15(19)5-4-14(3)12-16/h13-14H,4-12,16H2,1-3H3. The van der Waals surface area contributed by atoms with E-state index in [1.165, 1.54) is 13.0 Å². The van der Waals surface area contributed by atoms with Crippen molar-refractivity contribution in [3.8, 4) is 0 Å². The van der Waals surface area contributed by atoms with Crippen molar-refractivity contribution >= 4 is 5.91 Å². The van der Waals surface area contributed by atoms with Crippen LogP contribution in [0.5, 0.6) is 0 Å². The molecule has 0 saturated carbocycles. The Balaban J connectivity index is 2.19. The summed E-state index contributed by atoms with van der Waals surface area (Å²) in [7, 11) is 0. The van der Waals surface area contributed by atoms with Gasteiger partial charge in [-0.3, -0.25) is 9.69 Å². The number of hydrogen-bond acceptors (Lipinski definition) is 3. The molecule has 0 aromatic rings. The summed E-state index contributed by atoms with van der Waals surface area (Å²) >= 11 is 0. The van der Waals surface area contributed by atoms with Gasteiger partial charge in [0, 0.05) is 32.6 Å². The molecule has 1 saturated heterocycles. The van der Waals surface area contributed by atoms with Gasteiger partial charge in [-0.25, -0.2) is 0 Å². The third-order valence-electron chi connectivity index (χ3n) is 4.00. The van der Waals surface area contributed by atoms with Crippen molar-refractivity contribution in [2.45, 2.75) is 40.0 Å². The first-order valence-corrected chi connectivity index (χ1v) is 7.73. The van der Waals surface area contributed by atoms with Gasteiger partial charge in [-0.1, -0.05) is 20.8 Å². The van der Waals surface area contributed by atoms with Gasteiger partial charge < -0.3 is 10.6 Å². The molecule has 0 aliphatic carbocycles. The Kier molecular flexibility index (Phi) is 7.39. The molecule has 1 atom stereocenters. The molecule has 1 fully saturated rings. The first-order chi connectivity index (χ1) is 9.02. The number of carbonyl (C=O) groups is 1. The molecule has 112 valence electrons. The molecule has 1 rings (SSSR count). The second kappa shape index (κ2) is 8.54. The molecule has 4 nitrogen and oxygen atoms in total. The predicted molar refractivity (Wildman–Crippen MR) is 79.9 cm³/mol. The van der Waals surface area contributed by atoms with Gasteiger partial charge in [0.05, 0.1) is 0 Å². The Morgan fingerprint density at radius 2 is 1.74 bits per heavy atom. The molecule has 2 N–H and O–H groups in total. The summed E-state index contributed by atoms with van der Waals surface area (Å²) in [5.41, 5.74) is 5.58. The van der Waals surface area contributed by atoms with Crippen LogP contribution >= 0.6 is 0 Å². The summed E-state index contributed by atoms with van der Waals surface area (Å²) in [6.45, 7) is 12.3. The number of amides is 1. The monoisotopic (exact) mass is 269 g/mol. The molecule has 1 aliphatic heterocycles. The first kappa shape index (κ1) is 16.4. The van der Waals surface area contributed by atoms with E-state index < -0.39 is 0 Å². The molecule has 0 bridgehead atoms. The summed E-state index contributed by atoms with van der Waals surface area (Å²) in [4.78, 5) is 16.6. The highest BCUT2D eigenvalue weighted by Crippen LogP contribution is 2.10. The van der Waals surface area contributed by atoms with Gasteiger partial charge in [-0.05, 0) is 37.8 Å². The zero-order valence-corrected chi connectivity index (χ0v) is 12.9. The molecular formula is C15H31N3O. The summed E-state index contributed by atoms with van der Waals surface area (Å²) in [5.74, 6) is 1.53. The summed E-state index contributed by atoms with van der Waals surface area (Å²) in [6, 6.07) is 0. The Bertz CT molecular complexity index is 260. The molecule has 4 heteroatoms. The van der Waals surface area contributed by atoms with Gasteiger partial charge in [0.15, 0.2) is 0 Å². The van der Waals surface area contributed by atoms with Crippen molar-refractivity contribution in [3.63, 3.8) is 0 Å². The van der Waals surface area contributed by atoms with Crippen LogP contribution in [0.1, 0.15) is 40.0 Å². The van der Waals surface area contributed by atoms with Crippen molar-refractivity contribution < 1.29 is 4.79 Å². The van der Waals surface area contributed by atoms with Crippen LogP contribution < -0.4 is 5.73 Å². The van der Waals surface area contributed by atoms with Crippen LogP contribution in [0, 0.1) is 11.8 Å². The van der Waals surface area contributed by atoms with E-state index in [0.29, 0.717) is 24.8 Å². The molecule has 1 aliphatic rings. The van der Waals surface area contributed by atoms with Crippen molar-refractivity contribution in [1.82, 2.24) is 9.80 Å². The molecule has 19 heavy (non-hydrogen) atoms. The van der Waals surface area contributed by atoms with E-state index in [4.69, 9.17) is 5.73 Å². The van der Waals surface area contributed by atoms with Gasteiger partial charge in [-0.15, -0.1) is 0 Å². The second-order valence-corrected chi connectivity index (χ2v) is 6.28. The lowest BCUT2D eigenvalue weighted by Crippen LogP contribution is -2.49. The Hall–Kier alpha value is -0.610. The predicted octanol–water partition coefficient (Wildman–Crippen LogP) is 1.55. The fourth-order valence-corrected chi connectivity index (χ4v) is 2.31. The fourth-order valence-electron chi connectivity index (χ4n) is 2.31. The number of carbonyl (C=O) groups excluding carboxylic acids is 1. The topological polar surface area (TPSA) is 49.6 Å². The number of rotatable bonds is 7. The lowest BCUT2D eigenvalue weighted by Gasteiger charge is -2.35. The zero-order chi connectivity index (χ0) is 14.3. The van der Waals surface area contributed by atoms with E-state index in [1.807, 2.05) is 4.90 Å². The average Bonchev–Trinajstić information content (AvgIpc) is 2.42. The van der Waals surface area contributed by atoms with E-state index in [1.54, 1.807) is 0 Å². The van der Waals surface area contributed by atoms with E-state index in [-0.39, 0.29) is 0 Å². The molecular weight excluding hydrogens is 238 g/mol. The van der Waals surface area contributed by atoms with Crippen molar-refractivity contribution in [2.75, 3.05) is 39.3 Å².